The Hall–Kier alpha value is -3.91. The molecule has 1 N–H and O–H groups in total. The van der Waals surface area contributed by atoms with Gasteiger partial charge in [0.15, 0.2) is 11.5 Å². The maximum atomic E-state index is 13.3. The molecule has 2 aromatic carbocycles. The summed E-state index contributed by atoms with van der Waals surface area (Å²) in [6.45, 7) is 0. The average Bonchev–Trinajstić information content (AvgIpc) is 3.10. The van der Waals surface area contributed by atoms with Crippen LogP contribution in [0.5, 0.6) is 0 Å². The van der Waals surface area contributed by atoms with Crippen molar-refractivity contribution in [2.75, 3.05) is 5.32 Å². The molecule has 0 saturated carbocycles. The van der Waals surface area contributed by atoms with Crippen LogP contribution in [0.3, 0.4) is 0 Å². The van der Waals surface area contributed by atoms with Crippen molar-refractivity contribution in [2.45, 2.75) is 0 Å². The summed E-state index contributed by atoms with van der Waals surface area (Å²) in [6, 6.07) is 16.1. The lowest BCUT2D eigenvalue weighted by molar-refractivity contribution is 0.628. The lowest BCUT2D eigenvalue weighted by Gasteiger charge is -2.08. The van der Waals surface area contributed by atoms with E-state index in [0.717, 1.165) is 0 Å². The maximum absolute atomic E-state index is 13.3. The van der Waals surface area contributed by atoms with Crippen LogP contribution < -0.4 is 10.9 Å². The molecule has 0 unspecified atom stereocenters. The van der Waals surface area contributed by atoms with Gasteiger partial charge in [-0.05, 0) is 48.5 Å². The SMILES string of the molecule is O=c1nccccc1Nc1nc2c(Cl)cccc2c2nc(-c3ccc(F)cc3)nn12. The van der Waals surface area contributed by atoms with Crippen molar-refractivity contribution in [3.63, 3.8) is 0 Å². The van der Waals surface area contributed by atoms with Gasteiger partial charge in [0.2, 0.25) is 5.95 Å². The Kier molecular flexibility index (Phi) is 4.33. The highest BCUT2D eigenvalue weighted by Crippen LogP contribution is 2.29. The van der Waals surface area contributed by atoms with Gasteiger partial charge in [0.05, 0.1) is 10.5 Å². The van der Waals surface area contributed by atoms with E-state index in [4.69, 9.17) is 11.6 Å². The highest BCUT2D eigenvalue weighted by Gasteiger charge is 2.17. The number of fused-ring (bicyclic) bond motifs is 3. The molecule has 0 aliphatic heterocycles. The van der Waals surface area contributed by atoms with Gasteiger partial charge >= 0.3 is 0 Å². The van der Waals surface area contributed by atoms with Crippen molar-refractivity contribution >= 4 is 39.8 Å². The van der Waals surface area contributed by atoms with Crippen LogP contribution in [-0.2, 0) is 0 Å². The first-order valence-corrected chi connectivity index (χ1v) is 9.31. The summed E-state index contributed by atoms with van der Waals surface area (Å²) in [7, 11) is 0. The Bertz CT molecular complexity index is 1470. The lowest BCUT2D eigenvalue weighted by atomic mass is 10.2. The van der Waals surface area contributed by atoms with E-state index in [0.29, 0.717) is 33.0 Å². The Morgan fingerprint density at radius 3 is 2.63 bits per heavy atom. The smallest absolute Gasteiger partial charge is 0.293 e. The Balaban J connectivity index is 1.78. The van der Waals surface area contributed by atoms with Gasteiger partial charge in [0.1, 0.15) is 11.5 Å². The van der Waals surface area contributed by atoms with Crippen molar-refractivity contribution < 1.29 is 4.39 Å². The number of benzene rings is 2. The zero-order chi connectivity index (χ0) is 20.7. The lowest BCUT2D eigenvalue weighted by Crippen LogP contribution is -2.11. The van der Waals surface area contributed by atoms with Crippen molar-refractivity contribution in [1.29, 1.82) is 0 Å². The van der Waals surface area contributed by atoms with Crippen LogP contribution in [0.1, 0.15) is 0 Å². The van der Waals surface area contributed by atoms with Gasteiger partial charge in [-0.15, -0.1) is 5.10 Å². The maximum Gasteiger partial charge on any atom is 0.293 e. The fraction of sp³-hybridized carbons (Fsp3) is 0. The topological polar surface area (TPSA) is 85.1 Å². The predicted octanol–water partition coefficient (Wildman–Crippen LogP) is 4.24. The minimum Gasteiger partial charge on any atom is -0.319 e. The van der Waals surface area contributed by atoms with Crippen molar-refractivity contribution in [3.8, 4) is 11.4 Å². The molecular weight excluding hydrogens is 407 g/mol. The van der Waals surface area contributed by atoms with Crippen LogP contribution in [0.25, 0.3) is 27.9 Å². The van der Waals surface area contributed by atoms with Gasteiger partial charge in [0.25, 0.3) is 5.56 Å². The number of rotatable bonds is 3. The summed E-state index contributed by atoms with van der Waals surface area (Å²) in [6.07, 6.45) is 1.41. The molecule has 146 valence electrons. The van der Waals surface area contributed by atoms with E-state index in [9.17, 15) is 9.18 Å². The van der Waals surface area contributed by atoms with Gasteiger partial charge in [-0.25, -0.2) is 19.3 Å². The third-order valence-corrected chi connectivity index (χ3v) is 4.79. The van der Waals surface area contributed by atoms with Crippen molar-refractivity contribution in [2.24, 2.45) is 0 Å². The molecule has 3 aromatic heterocycles. The summed E-state index contributed by atoms with van der Waals surface area (Å²) in [5.74, 6) is 0.277. The largest absolute Gasteiger partial charge is 0.319 e. The first kappa shape index (κ1) is 18.1. The zero-order valence-electron chi connectivity index (χ0n) is 15.3. The molecule has 0 aliphatic rings. The van der Waals surface area contributed by atoms with Crippen LogP contribution in [0, 0.1) is 5.82 Å². The second kappa shape index (κ2) is 7.16. The van der Waals surface area contributed by atoms with Crippen LogP contribution in [-0.4, -0.2) is 24.6 Å². The fourth-order valence-electron chi connectivity index (χ4n) is 3.07. The van der Waals surface area contributed by atoms with Crippen LogP contribution in [0.15, 0.2) is 71.7 Å². The molecule has 3 heterocycles. The molecule has 5 rings (SSSR count). The summed E-state index contributed by atoms with van der Waals surface area (Å²) >= 11 is 6.36. The molecule has 0 fully saturated rings. The fourth-order valence-corrected chi connectivity index (χ4v) is 3.28. The first-order valence-electron chi connectivity index (χ1n) is 8.93. The summed E-state index contributed by atoms with van der Waals surface area (Å²) in [4.78, 5) is 25.2. The summed E-state index contributed by atoms with van der Waals surface area (Å²) in [5, 5.41) is 8.63. The number of nitrogens with zero attached hydrogens (tertiary/aromatic N) is 5. The molecule has 0 aliphatic carbocycles. The molecule has 0 atom stereocenters. The van der Waals surface area contributed by atoms with E-state index < -0.39 is 5.56 Å². The minimum absolute atomic E-state index is 0.221. The second-order valence-corrected chi connectivity index (χ2v) is 6.83. The highest BCUT2D eigenvalue weighted by atomic mass is 35.5. The Morgan fingerprint density at radius 2 is 1.80 bits per heavy atom. The molecule has 0 spiro atoms. The molecule has 30 heavy (non-hydrogen) atoms. The van der Waals surface area contributed by atoms with Crippen molar-refractivity contribution in [3.05, 3.63) is 88.1 Å². The predicted molar refractivity (Wildman–Crippen MR) is 112 cm³/mol. The van der Waals surface area contributed by atoms with Crippen molar-refractivity contribution in [1.82, 2.24) is 24.6 Å². The Labute approximate surface area is 173 Å². The highest BCUT2D eigenvalue weighted by molar-refractivity contribution is 6.35. The number of para-hydroxylation sites is 1. The monoisotopic (exact) mass is 418 g/mol. The summed E-state index contributed by atoms with van der Waals surface area (Å²) in [5.41, 5.74) is 1.41. The number of anilines is 2. The van der Waals surface area contributed by atoms with E-state index in [-0.39, 0.29) is 17.5 Å². The third kappa shape index (κ3) is 3.13. The molecule has 0 bridgehead atoms. The van der Waals surface area contributed by atoms with Gasteiger partial charge < -0.3 is 5.32 Å². The van der Waals surface area contributed by atoms with Gasteiger partial charge in [-0.1, -0.05) is 23.7 Å². The van der Waals surface area contributed by atoms with E-state index in [1.54, 1.807) is 42.5 Å². The van der Waals surface area contributed by atoms with Crippen LogP contribution in [0.2, 0.25) is 5.02 Å². The molecule has 7 nitrogen and oxygen atoms in total. The zero-order valence-corrected chi connectivity index (χ0v) is 16.0. The van der Waals surface area contributed by atoms with Crippen LogP contribution >= 0.6 is 11.6 Å². The third-order valence-electron chi connectivity index (χ3n) is 4.48. The standard InChI is InChI=1S/C21H12ClFN6O/c22-15-5-3-4-14-17(15)26-21(25-16-6-1-2-11-24-20(16)30)29-19(14)27-18(28-29)12-7-9-13(23)10-8-12/h1-11H,(H,24,25,26,30). The number of hydrogen-bond acceptors (Lipinski definition) is 6. The average molecular weight is 419 g/mol. The van der Waals surface area contributed by atoms with E-state index in [1.807, 2.05) is 6.07 Å². The number of aromatic nitrogens is 5. The molecule has 0 radical (unpaired) electrons. The van der Waals surface area contributed by atoms with Crippen LogP contribution in [0.4, 0.5) is 16.0 Å². The van der Waals surface area contributed by atoms with Gasteiger partial charge in [0, 0.05) is 17.1 Å². The molecule has 5 aromatic rings. The van der Waals surface area contributed by atoms with E-state index in [2.05, 4.69) is 25.4 Å². The molecule has 0 saturated heterocycles. The second-order valence-electron chi connectivity index (χ2n) is 6.42. The normalized spacial score (nSPS) is 11.1. The Morgan fingerprint density at radius 1 is 0.967 bits per heavy atom. The molecule has 9 heteroatoms. The van der Waals surface area contributed by atoms with E-state index in [1.165, 1.54) is 22.8 Å². The van der Waals surface area contributed by atoms with E-state index >= 15 is 0 Å². The number of hydrogen-bond donors (Lipinski definition) is 1. The molecular formula is C21H12ClFN6O. The quantitative estimate of drug-likeness (QED) is 0.472. The van der Waals surface area contributed by atoms with Gasteiger partial charge in [-0.2, -0.15) is 4.52 Å². The van der Waals surface area contributed by atoms with Gasteiger partial charge in [-0.3, -0.25) is 4.79 Å². The molecule has 0 amide bonds. The minimum atomic E-state index is -0.451. The first-order chi connectivity index (χ1) is 14.6. The number of nitrogens with one attached hydrogen (secondary N) is 1. The number of halogens is 2. The summed E-state index contributed by atoms with van der Waals surface area (Å²) < 4.78 is 14.8.